The lowest BCUT2D eigenvalue weighted by Crippen LogP contribution is -2.43. The summed E-state index contributed by atoms with van der Waals surface area (Å²) in [5.41, 5.74) is 5.23. The summed E-state index contributed by atoms with van der Waals surface area (Å²) in [6, 6.07) is 9.05. The number of benzene rings is 2. The highest BCUT2D eigenvalue weighted by molar-refractivity contribution is 5.85. The Bertz CT molecular complexity index is 845. The van der Waals surface area contributed by atoms with Crippen LogP contribution in [0.1, 0.15) is 34.3 Å². The van der Waals surface area contributed by atoms with E-state index in [-0.39, 0.29) is 24.5 Å². The second-order valence-corrected chi connectivity index (χ2v) is 7.24. The molecule has 5 nitrogen and oxygen atoms in total. The van der Waals surface area contributed by atoms with E-state index < -0.39 is 0 Å². The maximum Gasteiger partial charge on any atom is 0.161 e. The van der Waals surface area contributed by atoms with Crippen LogP contribution in [0.4, 0.5) is 0 Å². The topological polar surface area (TPSA) is 40.2 Å². The predicted octanol–water partition coefficient (Wildman–Crippen LogP) is 4.53. The number of nitrogens with zero attached hydrogens (tertiary/aromatic N) is 1. The molecule has 0 fully saturated rings. The highest BCUT2D eigenvalue weighted by atomic mass is 35.5. The van der Waals surface area contributed by atoms with Gasteiger partial charge < -0.3 is 18.9 Å². The van der Waals surface area contributed by atoms with Gasteiger partial charge in [-0.05, 0) is 59.4 Å². The van der Waals surface area contributed by atoms with E-state index in [2.05, 4.69) is 35.7 Å². The van der Waals surface area contributed by atoms with Gasteiger partial charge in [-0.2, -0.15) is 0 Å². The molecule has 0 aliphatic carbocycles. The van der Waals surface area contributed by atoms with E-state index in [9.17, 15) is 0 Å². The normalized spacial score (nSPS) is 19.3. The first-order valence-corrected chi connectivity index (χ1v) is 9.51. The first-order chi connectivity index (χ1) is 13.6. The zero-order chi connectivity index (χ0) is 19.8. The molecule has 2 aromatic carbocycles. The molecule has 2 unspecified atom stereocenters. The van der Waals surface area contributed by atoms with Gasteiger partial charge in [0.2, 0.25) is 0 Å². The summed E-state index contributed by atoms with van der Waals surface area (Å²) < 4.78 is 22.2. The summed E-state index contributed by atoms with van der Waals surface area (Å²) in [6.07, 6.45) is 3.79. The van der Waals surface area contributed by atoms with E-state index in [0.29, 0.717) is 0 Å². The minimum Gasteiger partial charge on any atom is -0.493 e. The number of hydrogen-bond donors (Lipinski definition) is 0. The molecule has 0 saturated heterocycles. The van der Waals surface area contributed by atoms with Gasteiger partial charge in [0.05, 0.1) is 28.4 Å². The number of fused-ring (bicyclic) bond motifs is 6. The second kappa shape index (κ2) is 8.56. The Kier molecular flexibility index (Phi) is 6.30. The second-order valence-electron chi connectivity index (χ2n) is 7.24. The Morgan fingerprint density at radius 1 is 0.793 bits per heavy atom. The zero-order valence-electron chi connectivity index (χ0n) is 17.4. The van der Waals surface area contributed by atoms with E-state index in [1.807, 2.05) is 6.08 Å². The Morgan fingerprint density at radius 2 is 1.17 bits per heavy atom. The third kappa shape index (κ3) is 3.43. The SMILES string of the molecule is C=CCN1C2Cc3cc(OC)c(OC)cc3C1Cc1cc(OC)c(OC)cc12.Cl. The molecule has 0 spiro atoms. The first-order valence-electron chi connectivity index (χ1n) is 9.51. The summed E-state index contributed by atoms with van der Waals surface area (Å²) in [5.74, 6) is 3.11. The monoisotopic (exact) mass is 417 g/mol. The van der Waals surface area contributed by atoms with Crippen molar-refractivity contribution in [1.29, 1.82) is 0 Å². The van der Waals surface area contributed by atoms with Crippen LogP contribution in [0.25, 0.3) is 0 Å². The molecule has 6 heteroatoms. The van der Waals surface area contributed by atoms with Crippen molar-refractivity contribution in [2.45, 2.75) is 24.9 Å². The molecule has 2 aliphatic rings. The van der Waals surface area contributed by atoms with Gasteiger partial charge in [0.25, 0.3) is 0 Å². The number of hydrogen-bond acceptors (Lipinski definition) is 5. The predicted molar refractivity (Wildman–Crippen MR) is 116 cm³/mol. The molecule has 29 heavy (non-hydrogen) atoms. The summed E-state index contributed by atoms with van der Waals surface area (Å²) in [4.78, 5) is 2.52. The highest BCUT2D eigenvalue weighted by Crippen LogP contribution is 2.51. The van der Waals surface area contributed by atoms with Crippen LogP contribution >= 0.6 is 12.4 Å². The van der Waals surface area contributed by atoms with Crippen LogP contribution in [0.2, 0.25) is 0 Å². The average Bonchev–Trinajstić information content (AvgIpc) is 2.72. The number of halogens is 1. The number of ether oxygens (including phenoxy) is 4. The molecule has 0 saturated carbocycles. The van der Waals surface area contributed by atoms with E-state index >= 15 is 0 Å². The van der Waals surface area contributed by atoms with Crippen molar-refractivity contribution in [3.8, 4) is 23.0 Å². The van der Waals surface area contributed by atoms with Gasteiger partial charge in [0.1, 0.15) is 0 Å². The van der Waals surface area contributed by atoms with Gasteiger partial charge in [-0.25, -0.2) is 0 Å². The van der Waals surface area contributed by atoms with Gasteiger partial charge in [-0.3, -0.25) is 4.90 Å². The van der Waals surface area contributed by atoms with Crippen LogP contribution < -0.4 is 18.9 Å². The number of methoxy groups -OCH3 is 4. The molecule has 4 rings (SSSR count). The van der Waals surface area contributed by atoms with E-state index in [4.69, 9.17) is 18.9 Å². The van der Waals surface area contributed by atoms with Gasteiger partial charge in [-0.15, -0.1) is 19.0 Å². The maximum atomic E-state index is 5.57. The molecule has 0 N–H and O–H groups in total. The van der Waals surface area contributed by atoms with Gasteiger partial charge in [-0.1, -0.05) is 6.08 Å². The summed E-state index contributed by atoms with van der Waals surface area (Å²) >= 11 is 0. The lowest BCUT2D eigenvalue weighted by atomic mass is 9.76. The van der Waals surface area contributed by atoms with E-state index in [0.717, 1.165) is 42.4 Å². The summed E-state index contributed by atoms with van der Waals surface area (Å²) in [5, 5.41) is 0. The lowest BCUT2D eigenvalue weighted by Gasteiger charge is -2.47. The van der Waals surface area contributed by atoms with Crippen LogP contribution in [0.15, 0.2) is 36.9 Å². The smallest absolute Gasteiger partial charge is 0.161 e. The fourth-order valence-electron chi connectivity index (χ4n) is 4.70. The van der Waals surface area contributed by atoms with Crippen molar-refractivity contribution >= 4 is 12.4 Å². The molecule has 0 radical (unpaired) electrons. The van der Waals surface area contributed by atoms with Crippen molar-refractivity contribution < 1.29 is 18.9 Å². The fourth-order valence-corrected chi connectivity index (χ4v) is 4.70. The maximum absolute atomic E-state index is 5.57. The highest BCUT2D eigenvalue weighted by Gasteiger charge is 2.41. The molecule has 156 valence electrons. The standard InChI is InChI=1S/C23H27NO4.ClH/c1-6-7-24-18-8-14-10-20(25-2)22(27-4)12-16(14)19(24)9-15-11-21(26-3)23(28-5)13-17(15)18;/h6,10-13,18-19H,1,7-9H2,2-5H3;1H. The van der Waals surface area contributed by atoms with E-state index in [1.54, 1.807) is 28.4 Å². The minimum atomic E-state index is 0. The average molecular weight is 418 g/mol. The molecule has 2 aromatic rings. The Labute approximate surface area is 178 Å². The van der Waals surface area contributed by atoms with Crippen molar-refractivity contribution in [3.05, 3.63) is 59.2 Å². The van der Waals surface area contributed by atoms with Gasteiger partial charge in [0, 0.05) is 18.6 Å². The Balaban J connectivity index is 0.00000240. The molecule has 2 heterocycles. The number of rotatable bonds is 6. The largest absolute Gasteiger partial charge is 0.493 e. The van der Waals surface area contributed by atoms with Gasteiger partial charge >= 0.3 is 0 Å². The van der Waals surface area contributed by atoms with Crippen molar-refractivity contribution in [1.82, 2.24) is 4.90 Å². The molecule has 2 aliphatic heterocycles. The Morgan fingerprint density at radius 3 is 1.52 bits per heavy atom. The summed E-state index contributed by atoms with van der Waals surface area (Å²) in [6.45, 7) is 4.82. The fraction of sp³-hybridized carbons (Fsp3) is 0.391. The molecule has 2 atom stereocenters. The summed E-state index contributed by atoms with van der Waals surface area (Å²) in [7, 11) is 6.74. The minimum absolute atomic E-state index is 0. The first kappa shape index (κ1) is 21.3. The Hall–Kier alpha value is -2.37. The van der Waals surface area contributed by atoms with Crippen LogP contribution in [-0.2, 0) is 12.8 Å². The van der Waals surface area contributed by atoms with Crippen molar-refractivity contribution in [2.24, 2.45) is 0 Å². The van der Waals surface area contributed by atoms with Gasteiger partial charge in [0.15, 0.2) is 23.0 Å². The van der Waals surface area contributed by atoms with Crippen LogP contribution in [0.3, 0.4) is 0 Å². The molecule has 2 bridgehead atoms. The molecular weight excluding hydrogens is 390 g/mol. The zero-order valence-corrected chi connectivity index (χ0v) is 18.2. The van der Waals surface area contributed by atoms with Crippen LogP contribution in [-0.4, -0.2) is 39.9 Å². The van der Waals surface area contributed by atoms with Crippen LogP contribution in [0.5, 0.6) is 23.0 Å². The van der Waals surface area contributed by atoms with Crippen LogP contribution in [0, 0.1) is 0 Å². The molecule has 0 amide bonds. The van der Waals surface area contributed by atoms with Crippen molar-refractivity contribution in [3.63, 3.8) is 0 Å². The molecular formula is C23H28ClNO4. The third-order valence-corrected chi connectivity index (χ3v) is 5.98. The van der Waals surface area contributed by atoms with Crippen molar-refractivity contribution in [2.75, 3.05) is 35.0 Å². The quantitative estimate of drug-likeness (QED) is 0.646. The lowest BCUT2D eigenvalue weighted by molar-refractivity contribution is 0.116. The third-order valence-electron chi connectivity index (χ3n) is 5.98. The molecule has 0 aromatic heterocycles. The van der Waals surface area contributed by atoms with E-state index in [1.165, 1.54) is 22.3 Å².